The van der Waals surface area contributed by atoms with Crippen LogP contribution in [0.5, 0.6) is 0 Å². The highest BCUT2D eigenvalue weighted by molar-refractivity contribution is 5.81. The van der Waals surface area contributed by atoms with Gasteiger partial charge in [-0.3, -0.25) is 4.79 Å². The molecule has 2 saturated carbocycles. The summed E-state index contributed by atoms with van der Waals surface area (Å²) in [4.78, 5) is 24.7. The quantitative estimate of drug-likeness (QED) is 0.583. The second-order valence-corrected chi connectivity index (χ2v) is 6.96. The van der Waals surface area contributed by atoms with Crippen LogP contribution in [0.25, 0.3) is 4.85 Å². The lowest BCUT2D eigenvalue weighted by Gasteiger charge is -2.17. The number of carbonyl (C=O) groups excluding carboxylic acids is 2. The highest BCUT2D eigenvalue weighted by atomic mass is 16.3. The van der Waals surface area contributed by atoms with Gasteiger partial charge in [-0.2, -0.15) is 0 Å². The summed E-state index contributed by atoms with van der Waals surface area (Å²) in [6, 6.07) is 0.398. The molecule has 2 fully saturated rings. The van der Waals surface area contributed by atoms with Gasteiger partial charge in [0, 0.05) is 30.8 Å². The lowest BCUT2D eigenvalue weighted by Crippen LogP contribution is -2.46. The third-order valence-electron chi connectivity index (χ3n) is 3.95. The predicted molar refractivity (Wildman–Crippen MR) is 102 cm³/mol. The third kappa shape index (κ3) is 13.5. The van der Waals surface area contributed by atoms with E-state index in [2.05, 4.69) is 17.1 Å². The van der Waals surface area contributed by atoms with Crippen molar-refractivity contribution in [3.63, 3.8) is 0 Å². The van der Waals surface area contributed by atoms with Crippen molar-refractivity contribution in [2.24, 2.45) is 11.7 Å². The minimum absolute atomic E-state index is 0.269. The maximum Gasteiger partial charge on any atom is 0.272 e. The van der Waals surface area contributed by atoms with E-state index in [1.54, 1.807) is 0 Å². The molecule has 0 heterocycles. The molecule has 0 spiro atoms. The SMILES string of the molecule is C#[N+]C1CC1.CCC[C@H](C)C=O.CCC[C@H](N)C(O)C(=O)NC1CC1. The molecule has 144 valence electrons. The summed E-state index contributed by atoms with van der Waals surface area (Å²) in [7, 11) is 0. The summed E-state index contributed by atoms with van der Waals surface area (Å²) >= 11 is 0. The Morgan fingerprint density at radius 2 is 1.84 bits per heavy atom. The molecule has 25 heavy (non-hydrogen) atoms. The monoisotopic (exact) mass is 354 g/mol. The summed E-state index contributed by atoms with van der Waals surface area (Å²) in [5.74, 6) is -0.0477. The van der Waals surface area contributed by atoms with Crippen LogP contribution in [-0.2, 0) is 9.59 Å². The van der Waals surface area contributed by atoms with Crippen molar-refractivity contribution in [1.82, 2.24) is 5.32 Å². The molecular weight excluding hydrogens is 318 g/mol. The van der Waals surface area contributed by atoms with Crippen LogP contribution in [0.15, 0.2) is 0 Å². The number of nitrogens with two attached hydrogens (primary N) is 1. The number of hydrogen-bond donors (Lipinski definition) is 3. The van der Waals surface area contributed by atoms with E-state index in [-0.39, 0.29) is 17.9 Å². The van der Waals surface area contributed by atoms with Crippen LogP contribution in [0.4, 0.5) is 0 Å². The lowest BCUT2D eigenvalue weighted by atomic mass is 10.1. The van der Waals surface area contributed by atoms with Gasteiger partial charge in [-0.1, -0.05) is 38.5 Å². The average Bonchev–Trinajstić information content (AvgIpc) is 3.49. The van der Waals surface area contributed by atoms with Gasteiger partial charge in [0.05, 0.1) is 0 Å². The van der Waals surface area contributed by atoms with Crippen molar-refractivity contribution in [1.29, 1.82) is 0 Å². The summed E-state index contributed by atoms with van der Waals surface area (Å²) in [5, 5.41) is 12.2. The molecule has 2 aliphatic rings. The van der Waals surface area contributed by atoms with Crippen molar-refractivity contribution in [3.8, 4) is 6.57 Å². The lowest BCUT2D eigenvalue weighted by molar-refractivity contribution is -0.130. The molecule has 0 aliphatic heterocycles. The van der Waals surface area contributed by atoms with Crippen molar-refractivity contribution in [2.45, 2.75) is 96.4 Å². The van der Waals surface area contributed by atoms with Gasteiger partial charge in [-0.25, -0.2) is 0 Å². The fourth-order valence-electron chi connectivity index (χ4n) is 1.95. The Bertz CT molecular complexity index is 415. The van der Waals surface area contributed by atoms with Gasteiger partial charge in [0.1, 0.15) is 12.4 Å². The topological polar surface area (TPSA) is 96.8 Å². The highest BCUT2D eigenvalue weighted by Crippen LogP contribution is 2.22. The molecule has 0 aromatic heterocycles. The first kappa shape index (κ1) is 23.5. The van der Waals surface area contributed by atoms with E-state index in [4.69, 9.17) is 12.3 Å². The minimum Gasteiger partial charge on any atom is -0.382 e. The second kappa shape index (κ2) is 13.8. The number of rotatable bonds is 8. The first-order valence-electron chi connectivity index (χ1n) is 9.48. The van der Waals surface area contributed by atoms with E-state index in [0.717, 1.165) is 38.4 Å². The summed E-state index contributed by atoms with van der Waals surface area (Å²) in [6.07, 6.45) is 8.16. The number of amides is 1. The normalized spacial score (nSPS) is 18.9. The highest BCUT2D eigenvalue weighted by Gasteiger charge is 2.30. The van der Waals surface area contributed by atoms with Gasteiger partial charge in [-0.15, -0.1) is 0 Å². The van der Waals surface area contributed by atoms with Crippen molar-refractivity contribution in [2.75, 3.05) is 0 Å². The number of hydrogen-bond acceptors (Lipinski definition) is 4. The zero-order valence-electron chi connectivity index (χ0n) is 16.0. The molecule has 6 heteroatoms. The van der Waals surface area contributed by atoms with Crippen LogP contribution in [0.2, 0.25) is 0 Å². The number of carbonyl (C=O) groups is 2. The Hall–Kier alpha value is -1.45. The van der Waals surface area contributed by atoms with Gasteiger partial charge in [0.2, 0.25) is 0 Å². The molecule has 0 bridgehead atoms. The molecule has 1 amide bonds. The van der Waals surface area contributed by atoms with Crippen LogP contribution in [0, 0.1) is 12.5 Å². The number of nitrogens with zero attached hydrogens (tertiary/aromatic N) is 1. The summed E-state index contributed by atoms with van der Waals surface area (Å²) < 4.78 is 0. The maximum atomic E-state index is 11.3. The molecule has 2 rings (SSSR count). The van der Waals surface area contributed by atoms with Gasteiger partial charge < -0.3 is 21.0 Å². The average molecular weight is 355 g/mol. The fourth-order valence-corrected chi connectivity index (χ4v) is 1.95. The van der Waals surface area contributed by atoms with Gasteiger partial charge in [-0.05, 0) is 25.7 Å². The summed E-state index contributed by atoms with van der Waals surface area (Å²) in [6.45, 7) is 10.9. The minimum atomic E-state index is -1.04. The van der Waals surface area contributed by atoms with E-state index in [9.17, 15) is 14.7 Å². The van der Waals surface area contributed by atoms with Crippen LogP contribution in [0.1, 0.15) is 72.1 Å². The largest absolute Gasteiger partial charge is 0.382 e. The number of aliphatic hydroxyl groups excluding tert-OH is 1. The van der Waals surface area contributed by atoms with E-state index in [0.29, 0.717) is 12.5 Å². The Morgan fingerprint density at radius 3 is 2.12 bits per heavy atom. The molecule has 0 aromatic rings. The smallest absolute Gasteiger partial charge is 0.272 e. The molecule has 0 saturated heterocycles. The Labute approximate surface area is 152 Å². The molecule has 3 atom stereocenters. The number of aliphatic hydroxyl groups is 1. The maximum absolute atomic E-state index is 11.3. The first-order chi connectivity index (χ1) is 11.9. The van der Waals surface area contributed by atoms with Crippen LogP contribution in [-0.4, -0.2) is 41.5 Å². The van der Waals surface area contributed by atoms with E-state index in [1.807, 2.05) is 13.8 Å². The van der Waals surface area contributed by atoms with Gasteiger partial charge in [0.15, 0.2) is 0 Å². The standard InChI is InChI=1S/C9H18N2O2.C6H12O.C4H6N/c1-2-3-7(10)8(12)9(13)11-6-4-5-6;1-3-4-6(2)5-7;1-5-4-2-3-4/h6-8,12H,2-5,10H2,1H3,(H,11,13);5-6H,3-4H2,1-2H3;1,4H,2-3H2/q;;+1/t7-,8?;6-;/m00./s1. The molecule has 4 N–H and O–H groups in total. The zero-order chi connectivity index (χ0) is 19.2. The van der Waals surface area contributed by atoms with E-state index < -0.39 is 12.1 Å². The molecule has 0 radical (unpaired) electrons. The molecule has 2 aliphatic carbocycles. The predicted octanol–water partition coefficient (Wildman–Crippen LogP) is 2.49. The van der Waals surface area contributed by atoms with Crippen molar-refractivity contribution in [3.05, 3.63) is 4.85 Å². The van der Waals surface area contributed by atoms with Gasteiger partial charge in [0.25, 0.3) is 18.5 Å². The zero-order valence-corrected chi connectivity index (χ0v) is 16.0. The molecule has 0 aromatic carbocycles. The molecular formula is C19H36N3O3+. The van der Waals surface area contributed by atoms with Crippen molar-refractivity contribution >= 4 is 12.2 Å². The van der Waals surface area contributed by atoms with Crippen LogP contribution < -0.4 is 11.1 Å². The Kier molecular flexibility index (Phi) is 13.0. The Morgan fingerprint density at radius 1 is 1.28 bits per heavy atom. The van der Waals surface area contributed by atoms with Crippen LogP contribution >= 0.6 is 0 Å². The van der Waals surface area contributed by atoms with Crippen molar-refractivity contribution < 1.29 is 14.7 Å². The van der Waals surface area contributed by atoms with Crippen LogP contribution in [0.3, 0.4) is 0 Å². The Balaban J connectivity index is 0.000000400. The first-order valence-corrected chi connectivity index (χ1v) is 9.48. The number of aldehydes is 1. The third-order valence-corrected chi connectivity index (χ3v) is 3.95. The van der Waals surface area contributed by atoms with E-state index >= 15 is 0 Å². The number of nitrogens with one attached hydrogen (secondary N) is 1. The fraction of sp³-hybridized carbons (Fsp3) is 0.842. The second-order valence-electron chi connectivity index (χ2n) is 6.96. The molecule has 6 nitrogen and oxygen atoms in total. The summed E-state index contributed by atoms with van der Waals surface area (Å²) in [5.41, 5.74) is 5.61. The van der Waals surface area contributed by atoms with Gasteiger partial charge >= 0.3 is 0 Å². The van der Waals surface area contributed by atoms with E-state index in [1.165, 1.54) is 12.8 Å². The molecule has 1 unspecified atom stereocenters.